The van der Waals surface area contributed by atoms with E-state index < -0.39 is 70.1 Å². The number of hydrogen-bond acceptors (Lipinski definition) is 8. The molecule has 3 aromatic carbocycles. The van der Waals surface area contributed by atoms with Crippen LogP contribution in [0.15, 0.2) is 72.8 Å². The summed E-state index contributed by atoms with van der Waals surface area (Å²) in [6.45, 7) is 12.3. The number of methoxy groups -OCH3 is 1. The Kier molecular flexibility index (Phi) is 13.8. The number of ether oxygens (including phenoxy) is 2. The van der Waals surface area contributed by atoms with E-state index in [4.69, 9.17) is 9.47 Å². The van der Waals surface area contributed by atoms with Crippen LogP contribution >= 0.6 is 11.8 Å². The van der Waals surface area contributed by atoms with Crippen molar-refractivity contribution in [3.63, 3.8) is 0 Å². The quantitative estimate of drug-likeness (QED) is 0.206. The second-order valence-electron chi connectivity index (χ2n) is 15.3. The minimum absolute atomic E-state index is 0.0426. The van der Waals surface area contributed by atoms with Gasteiger partial charge >= 0.3 is 12.1 Å². The molecule has 55 heavy (non-hydrogen) atoms. The predicted octanol–water partition coefficient (Wildman–Crippen LogP) is 6.54. The molecule has 0 spiro atoms. The molecule has 0 fully saturated rings. The van der Waals surface area contributed by atoms with Crippen LogP contribution in [-0.4, -0.2) is 93.4 Å². The number of rotatable bonds is 12. The highest BCUT2D eigenvalue weighted by Gasteiger charge is 2.45. The Morgan fingerprint density at radius 1 is 0.927 bits per heavy atom. The molecule has 11 nitrogen and oxygen atoms in total. The third kappa shape index (κ3) is 10.2. The molecular formula is C42H53FN4O7S. The number of halogens is 1. The molecule has 0 aliphatic carbocycles. The fourth-order valence-electron chi connectivity index (χ4n) is 6.36. The lowest BCUT2D eigenvalue weighted by Gasteiger charge is -2.44. The van der Waals surface area contributed by atoms with E-state index in [1.165, 1.54) is 41.8 Å². The highest BCUT2D eigenvalue weighted by atomic mass is 32.2. The van der Waals surface area contributed by atoms with Crippen molar-refractivity contribution in [3.05, 3.63) is 106 Å². The molecule has 0 radical (unpaired) electrons. The van der Waals surface area contributed by atoms with Crippen LogP contribution in [0.1, 0.15) is 87.1 Å². The van der Waals surface area contributed by atoms with Crippen molar-refractivity contribution in [1.29, 1.82) is 0 Å². The minimum atomic E-state index is -1.12. The van der Waals surface area contributed by atoms with Crippen LogP contribution in [0.2, 0.25) is 0 Å². The Hall–Kier alpha value is -4.91. The number of fused-ring (bicyclic) bond motifs is 1. The number of thioether (sulfide) groups is 1. The van der Waals surface area contributed by atoms with Gasteiger partial charge in [0.05, 0.1) is 18.7 Å². The predicted molar refractivity (Wildman–Crippen MR) is 211 cm³/mol. The molecule has 13 heteroatoms. The molecule has 296 valence electrons. The van der Waals surface area contributed by atoms with Crippen molar-refractivity contribution < 1.29 is 37.8 Å². The van der Waals surface area contributed by atoms with Crippen molar-refractivity contribution in [2.24, 2.45) is 0 Å². The summed E-state index contributed by atoms with van der Waals surface area (Å²) in [6.07, 6.45) is 1.32. The van der Waals surface area contributed by atoms with Gasteiger partial charge in [-0.1, -0.05) is 54.6 Å². The first-order valence-corrected chi connectivity index (χ1v) is 19.4. The maximum atomic E-state index is 15.3. The summed E-state index contributed by atoms with van der Waals surface area (Å²) in [5, 5.41) is 2.92. The molecule has 4 rings (SSSR count). The monoisotopic (exact) mass is 776 g/mol. The highest BCUT2D eigenvalue weighted by molar-refractivity contribution is 8.00. The summed E-state index contributed by atoms with van der Waals surface area (Å²) in [4.78, 5) is 73.2. The van der Waals surface area contributed by atoms with Crippen LogP contribution in [-0.2, 0) is 43.4 Å². The Labute approximate surface area is 327 Å². The number of amides is 4. The number of nitrogens with one attached hydrogen (secondary N) is 1. The smallest absolute Gasteiger partial charge is 0.410 e. The number of nitrogens with zero attached hydrogens (tertiary/aromatic N) is 3. The maximum Gasteiger partial charge on any atom is 0.410 e. The summed E-state index contributed by atoms with van der Waals surface area (Å²) in [6, 6.07) is 16.6. The number of hydrogen-bond donors (Lipinski definition) is 1. The van der Waals surface area contributed by atoms with Gasteiger partial charge in [-0.25, -0.2) is 14.0 Å². The summed E-state index contributed by atoms with van der Waals surface area (Å²) >= 11 is 1.38. The normalized spacial score (nSPS) is 15.8. The molecule has 1 aliphatic rings. The molecular weight excluding hydrogens is 724 g/mol. The average molecular weight is 777 g/mol. The van der Waals surface area contributed by atoms with E-state index >= 15 is 14.0 Å². The van der Waals surface area contributed by atoms with Gasteiger partial charge in [-0.2, -0.15) is 11.8 Å². The summed E-state index contributed by atoms with van der Waals surface area (Å²) in [5.74, 6) is -2.45. The average Bonchev–Trinajstić information content (AvgIpc) is 3.16. The van der Waals surface area contributed by atoms with E-state index in [0.717, 1.165) is 11.1 Å². The SMILES string of the molecule is COC(=O)c1ccc(CN(C(=O)C2Cc3ccccc3CN2C(=O)C(NC(=O)C(C)N(C)C(=O)OC(C)(C)C)C(C)(C)SC)[C@H](C)c2ccccc2F)cc1. The lowest BCUT2D eigenvalue weighted by atomic mass is 9.90. The molecule has 4 amide bonds. The molecule has 3 unspecified atom stereocenters. The van der Waals surface area contributed by atoms with Crippen LogP contribution in [0, 0.1) is 5.82 Å². The molecule has 1 aliphatic heterocycles. The van der Waals surface area contributed by atoms with E-state index in [0.29, 0.717) is 16.7 Å². The third-order valence-electron chi connectivity index (χ3n) is 10.0. The van der Waals surface area contributed by atoms with Crippen LogP contribution in [0.3, 0.4) is 0 Å². The molecule has 4 atom stereocenters. The lowest BCUT2D eigenvalue weighted by molar-refractivity contribution is -0.151. The van der Waals surface area contributed by atoms with Crippen molar-refractivity contribution in [2.45, 2.75) is 102 Å². The lowest BCUT2D eigenvalue weighted by Crippen LogP contribution is -2.63. The summed E-state index contributed by atoms with van der Waals surface area (Å²) in [7, 11) is 2.75. The van der Waals surface area contributed by atoms with Gasteiger partial charge in [0.15, 0.2) is 0 Å². The fraction of sp³-hybridized carbons (Fsp3) is 0.452. The number of esters is 1. The van der Waals surface area contributed by atoms with Gasteiger partial charge in [-0.15, -0.1) is 0 Å². The molecule has 1 N–H and O–H groups in total. The number of likely N-dealkylation sites (N-methyl/N-ethyl adjacent to an activating group) is 1. The Bertz CT molecular complexity index is 1880. The van der Waals surface area contributed by atoms with Gasteiger partial charge in [0.1, 0.15) is 29.5 Å². The number of carbonyl (C=O) groups is 5. The highest BCUT2D eigenvalue weighted by Crippen LogP contribution is 2.33. The zero-order chi connectivity index (χ0) is 40.8. The molecule has 1 heterocycles. The standard InChI is InChI=1S/C42H53FN4O7S/c1-26(32-17-13-14-18-33(32)43)46(24-28-19-21-29(22-20-28)39(51)53-9)37(49)34-23-30-15-11-12-16-31(30)25-47(34)38(50)35(42(6,7)55-10)44-36(48)27(2)45(8)40(52)54-41(3,4)5/h11-22,26-27,34-35H,23-25H2,1-10H3,(H,44,48)/t26-,27?,34?,35?/m1/s1. The molecule has 3 aromatic rings. The Balaban J connectivity index is 1.76. The third-order valence-corrected chi connectivity index (χ3v) is 11.3. The first-order chi connectivity index (χ1) is 25.8. The van der Waals surface area contributed by atoms with E-state index in [2.05, 4.69) is 5.32 Å². The molecule has 0 bridgehead atoms. The first-order valence-electron chi connectivity index (χ1n) is 18.2. The Morgan fingerprint density at radius 3 is 2.11 bits per heavy atom. The fourth-order valence-corrected chi connectivity index (χ4v) is 6.76. The zero-order valence-corrected chi connectivity index (χ0v) is 34.2. The molecule has 0 saturated carbocycles. The van der Waals surface area contributed by atoms with Crippen LogP contribution < -0.4 is 5.32 Å². The Morgan fingerprint density at radius 2 is 1.53 bits per heavy atom. The summed E-state index contributed by atoms with van der Waals surface area (Å²) < 4.78 is 24.8. The number of benzene rings is 3. The molecule has 0 saturated heterocycles. The van der Waals surface area contributed by atoms with Crippen LogP contribution in [0.4, 0.5) is 9.18 Å². The van der Waals surface area contributed by atoms with Crippen molar-refractivity contribution >= 4 is 41.5 Å². The second-order valence-corrected chi connectivity index (χ2v) is 16.8. The van der Waals surface area contributed by atoms with Crippen molar-refractivity contribution in [2.75, 3.05) is 20.4 Å². The van der Waals surface area contributed by atoms with Crippen LogP contribution in [0.5, 0.6) is 0 Å². The van der Waals surface area contributed by atoms with E-state index in [1.807, 2.05) is 44.4 Å². The van der Waals surface area contributed by atoms with Gasteiger partial charge in [0.2, 0.25) is 17.7 Å². The first kappa shape index (κ1) is 42.8. The summed E-state index contributed by atoms with van der Waals surface area (Å²) in [5.41, 5.74) is 2.28. The van der Waals surface area contributed by atoms with Gasteiger partial charge < -0.3 is 24.6 Å². The van der Waals surface area contributed by atoms with Crippen molar-refractivity contribution in [1.82, 2.24) is 20.0 Å². The number of carbonyl (C=O) groups excluding carboxylic acids is 5. The topological polar surface area (TPSA) is 126 Å². The van der Waals surface area contributed by atoms with Gasteiger partial charge in [-0.3, -0.25) is 19.3 Å². The van der Waals surface area contributed by atoms with Gasteiger partial charge in [0.25, 0.3) is 0 Å². The maximum absolute atomic E-state index is 15.3. The van der Waals surface area contributed by atoms with E-state index in [1.54, 1.807) is 82.0 Å². The minimum Gasteiger partial charge on any atom is -0.465 e. The zero-order valence-electron chi connectivity index (χ0n) is 33.3. The van der Waals surface area contributed by atoms with E-state index in [9.17, 15) is 14.4 Å². The van der Waals surface area contributed by atoms with E-state index in [-0.39, 0.29) is 19.5 Å². The van der Waals surface area contributed by atoms with Crippen molar-refractivity contribution in [3.8, 4) is 0 Å². The largest absolute Gasteiger partial charge is 0.465 e. The second kappa shape index (κ2) is 17.7. The molecule has 0 aromatic heterocycles. The van der Waals surface area contributed by atoms with Crippen LogP contribution in [0.25, 0.3) is 0 Å². The van der Waals surface area contributed by atoms with Gasteiger partial charge in [-0.05, 0) is 89.6 Å². The van der Waals surface area contributed by atoms with Gasteiger partial charge in [0, 0.05) is 36.9 Å².